The minimum atomic E-state index is 0.268. The maximum Gasteiger partial charge on any atom is 0.0595 e. The summed E-state index contributed by atoms with van der Waals surface area (Å²) in [6.45, 7) is 2.21. The van der Waals surface area contributed by atoms with Gasteiger partial charge in [-0.15, -0.1) is 0 Å². The third-order valence-corrected chi connectivity index (χ3v) is 5.88. The number of benzene rings is 2. The fourth-order valence-corrected chi connectivity index (χ4v) is 4.21. The van der Waals surface area contributed by atoms with Crippen LogP contribution < -0.4 is 5.32 Å². The molecule has 3 atom stereocenters. The number of rotatable bonds is 2. The molecule has 0 saturated heterocycles. The lowest BCUT2D eigenvalue weighted by Gasteiger charge is -2.38. The van der Waals surface area contributed by atoms with Gasteiger partial charge in [0.1, 0.15) is 0 Å². The van der Waals surface area contributed by atoms with Gasteiger partial charge in [-0.1, -0.05) is 60.5 Å². The Morgan fingerprint density at radius 3 is 2.74 bits per heavy atom. The van der Waals surface area contributed by atoms with Gasteiger partial charge in [-0.3, -0.25) is 0 Å². The second-order valence-electron chi connectivity index (χ2n) is 6.42. The van der Waals surface area contributed by atoms with Gasteiger partial charge in [-0.25, -0.2) is 0 Å². The van der Waals surface area contributed by atoms with Crippen molar-refractivity contribution in [1.29, 1.82) is 0 Å². The van der Waals surface area contributed by atoms with Crippen LogP contribution in [-0.2, 0) is 6.42 Å². The van der Waals surface area contributed by atoms with Gasteiger partial charge in [0.25, 0.3) is 0 Å². The Bertz CT molecular complexity index is 781. The number of anilines is 1. The SMILES string of the molecule is CCc1ccc2c(c1)[C@@H]1C=CC[C@@H]1[C@H](c1ccc(Cl)c(Cl)c1)N2. The fourth-order valence-electron chi connectivity index (χ4n) is 3.90. The number of halogens is 2. The second-order valence-corrected chi connectivity index (χ2v) is 7.24. The molecule has 1 N–H and O–H groups in total. The van der Waals surface area contributed by atoms with E-state index in [0.717, 1.165) is 12.8 Å². The van der Waals surface area contributed by atoms with E-state index in [2.05, 4.69) is 48.7 Å². The maximum atomic E-state index is 6.24. The minimum absolute atomic E-state index is 0.268. The first-order valence-electron chi connectivity index (χ1n) is 8.18. The largest absolute Gasteiger partial charge is 0.378 e. The van der Waals surface area contributed by atoms with Crippen molar-refractivity contribution in [2.45, 2.75) is 31.7 Å². The zero-order valence-corrected chi connectivity index (χ0v) is 14.5. The molecule has 3 heteroatoms. The smallest absolute Gasteiger partial charge is 0.0595 e. The van der Waals surface area contributed by atoms with Gasteiger partial charge in [0, 0.05) is 11.6 Å². The van der Waals surface area contributed by atoms with Crippen LogP contribution in [0, 0.1) is 5.92 Å². The Morgan fingerprint density at radius 1 is 1.09 bits per heavy atom. The monoisotopic (exact) mass is 343 g/mol. The molecule has 23 heavy (non-hydrogen) atoms. The van der Waals surface area contributed by atoms with Crippen LogP contribution >= 0.6 is 23.2 Å². The van der Waals surface area contributed by atoms with Crippen molar-refractivity contribution in [2.24, 2.45) is 5.92 Å². The van der Waals surface area contributed by atoms with E-state index in [4.69, 9.17) is 23.2 Å². The molecule has 1 aliphatic carbocycles. The standard InChI is InChI=1S/C20H19Cl2N/c1-2-12-6-9-19-16(10-12)14-4-3-5-15(14)20(23-19)13-7-8-17(21)18(22)11-13/h3-4,6-11,14-15,20,23H,2,5H2,1H3/t14-,15+,20+/m1/s1. The fraction of sp³-hybridized carbons (Fsp3) is 0.300. The summed E-state index contributed by atoms with van der Waals surface area (Å²) in [4.78, 5) is 0. The summed E-state index contributed by atoms with van der Waals surface area (Å²) in [6.07, 6.45) is 6.85. The third-order valence-electron chi connectivity index (χ3n) is 5.14. The van der Waals surface area contributed by atoms with Gasteiger partial charge in [-0.2, -0.15) is 0 Å². The van der Waals surface area contributed by atoms with E-state index in [0.29, 0.717) is 21.9 Å². The first-order valence-corrected chi connectivity index (χ1v) is 8.94. The van der Waals surface area contributed by atoms with Crippen LogP contribution in [0.4, 0.5) is 5.69 Å². The summed E-state index contributed by atoms with van der Waals surface area (Å²) in [5, 5.41) is 4.98. The van der Waals surface area contributed by atoms with Crippen molar-refractivity contribution in [3.63, 3.8) is 0 Å². The van der Waals surface area contributed by atoms with Gasteiger partial charge in [0.05, 0.1) is 16.1 Å². The van der Waals surface area contributed by atoms with Gasteiger partial charge in [0.15, 0.2) is 0 Å². The van der Waals surface area contributed by atoms with Crippen LogP contribution in [0.5, 0.6) is 0 Å². The van der Waals surface area contributed by atoms with Crippen molar-refractivity contribution in [2.75, 3.05) is 5.32 Å². The average molecular weight is 344 g/mol. The van der Waals surface area contributed by atoms with E-state index in [1.807, 2.05) is 12.1 Å². The molecule has 0 aromatic heterocycles. The number of hydrogen-bond donors (Lipinski definition) is 1. The predicted molar refractivity (Wildman–Crippen MR) is 98.6 cm³/mol. The average Bonchev–Trinajstić information content (AvgIpc) is 3.06. The van der Waals surface area contributed by atoms with Crippen molar-refractivity contribution < 1.29 is 0 Å². The summed E-state index contributed by atoms with van der Waals surface area (Å²) >= 11 is 12.3. The molecule has 1 aliphatic heterocycles. The molecular formula is C20H19Cl2N. The number of fused-ring (bicyclic) bond motifs is 3. The Morgan fingerprint density at radius 2 is 1.96 bits per heavy atom. The van der Waals surface area contributed by atoms with Crippen molar-refractivity contribution in [3.8, 4) is 0 Å². The summed E-state index contributed by atoms with van der Waals surface area (Å²) in [6, 6.07) is 13.1. The van der Waals surface area contributed by atoms with E-state index < -0.39 is 0 Å². The Hall–Kier alpha value is -1.44. The van der Waals surface area contributed by atoms with E-state index in [9.17, 15) is 0 Å². The molecule has 118 valence electrons. The third kappa shape index (κ3) is 2.56. The van der Waals surface area contributed by atoms with Crippen LogP contribution in [0.1, 0.15) is 42.0 Å². The molecule has 1 nitrogen and oxygen atoms in total. The molecule has 0 fully saturated rings. The maximum absolute atomic E-state index is 6.24. The molecule has 0 unspecified atom stereocenters. The summed E-state index contributed by atoms with van der Waals surface area (Å²) in [7, 11) is 0. The molecule has 2 aromatic carbocycles. The highest BCUT2D eigenvalue weighted by Gasteiger charge is 2.37. The molecule has 0 amide bonds. The predicted octanol–water partition coefficient (Wildman–Crippen LogP) is 6.38. The lowest BCUT2D eigenvalue weighted by molar-refractivity contribution is 0.425. The Balaban J connectivity index is 1.77. The first-order chi connectivity index (χ1) is 11.2. The molecule has 2 aromatic rings. The molecule has 2 aliphatic rings. The topological polar surface area (TPSA) is 12.0 Å². The zero-order valence-electron chi connectivity index (χ0n) is 13.0. The zero-order chi connectivity index (χ0) is 16.0. The van der Waals surface area contributed by atoms with Crippen LogP contribution in [0.15, 0.2) is 48.6 Å². The summed E-state index contributed by atoms with van der Waals surface area (Å²) < 4.78 is 0. The number of hydrogen-bond acceptors (Lipinski definition) is 1. The Kier molecular flexibility index (Phi) is 3.87. The normalized spacial score (nSPS) is 24.9. The van der Waals surface area contributed by atoms with Crippen molar-refractivity contribution in [3.05, 3.63) is 75.3 Å². The number of allylic oxidation sites excluding steroid dienone is 2. The minimum Gasteiger partial charge on any atom is -0.378 e. The molecule has 1 heterocycles. The van der Waals surface area contributed by atoms with Crippen LogP contribution in [-0.4, -0.2) is 0 Å². The lowest BCUT2D eigenvalue weighted by Crippen LogP contribution is -2.29. The summed E-state index contributed by atoms with van der Waals surface area (Å²) in [5.41, 5.74) is 5.28. The molecular weight excluding hydrogens is 325 g/mol. The van der Waals surface area contributed by atoms with E-state index in [-0.39, 0.29) is 6.04 Å². The highest BCUT2D eigenvalue weighted by Crippen LogP contribution is 2.50. The van der Waals surface area contributed by atoms with Crippen LogP contribution in [0.25, 0.3) is 0 Å². The van der Waals surface area contributed by atoms with Gasteiger partial charge < -0.3 is 5.32 Å². The first kappa shape index (κ1) is 15.1. The van der Waals surface area contributed by atoms with E-state index in [1.165, 1.54) is 22.4 Å². The molecule has 0 spiro atoms. The van der Waals surface area contributed by atoms with Crippen molar-refractivity contribution >= 4 is 28.9 Å². The lowest BCUT2D eigenvalue weighted by atomic mass is 9.76. The van der Waals surface area contributed by atoms with Crippen LogP contribution in [0.3, 0.4) is 0 Å². The highest BCUT2D eigenvalue weighted by molar-refractivity contribution is 6.42. The number of aryl methyl sites for hydroxylation is 1. The van der Waals surface area contributed by atoms with Gasteiger partial charge in [0.2, 0.25) is 0 Å². The van der Waals surface area contributed by atoms with Gasteiger partial charge >= 0.3 is 0 Å². The van der Waals surface area contributed by atoms with E-state index >= 15 is 0 Å². The highest BCUT2D eigenvalue weighted by atomic mass is 35.5. The summed E-state index contributed by atoms with van der Waals surface area (Å²) in [5.74, 6) is 1.02. The van der Waals surface area contributed by atoms with Crippen LogP contribution in [0.2, 0.25) is 10.0 Å². The molecule has 0 radical (unpaired) electrons. The Labute approximate surface area is 147 Å². The van der Waals surface area contributed by atoms with E-state index in [1.54, 1.807) is 0 Å². The molecule has 4 rings (SSSR count). The molecule has 0 bridgehead atoms. The quantitative estimate of drug-likeness (QED) is 0.623. The van der Waals surface area contributed by atoms with Crippen molar-refractivity contribution in [1.82, 2.24) is 0 Å². The number of nitrogens with one attached hydrogen (secondary N) is 1. The van der Waals surface area contributed by atoms with Gasteiger partial charge in [-0.05, 0) is 53.6 Å². The molecule has 0 saturated carbocycles. The second kappa shape index (κ2) is 5.89.